The van der Waals surface area contributed by atoms with E-state index in [1.165, 1.54) is 69.7 Å². The molecule has 5 heteroatoms. The highest BCUT2D eigenvalue weighted by molar-refractivity contribution is 5.86. The number of aliphatic imine (C=N–C) groups is 2. The molecule has 0 saturated heterocycles. The number of allylic oxidation sites excluding steroid dienone is 1. The summed E-state index contributed by atoms with van der Waals surface area (Å²) in [6.07, 6.45) is 15.7. The number of amidine groups is 1. The summed E-state index contributed by atoms with van der Waals surface area (Å²) in [4.78, 5) is 12.9. The van der Waals surface area contributed by atoms with Gasteiger partial charge in [0.2, 0.25) is 0 Å². The lowest BCUT2D eigenvalue weighted by molar-refractivity contribution is 0.306. The first-order valence-electron chi connectivity index (χ1n) is 7.86. The fourth-order valence-corrected chi connectivity index (χ4v) is 2.82. The van der Waals surface area contributed by atoms with Crippen LogP contribution >= 0.6 is 0 Å². The molecule has 20 heavy (non-hydrogen) atoms. The molecule has 112 valence electrons. The summed E-state index contributed by atoms with van der Waals surface area (Å²) in [5.41, 5.74) is 1.38. The van der Waals surface area contributed by atoms with Crippen LogP contribution < -0.4 is 11.2 Å². The molecule has 2 rings (SSSR count). The second kappa shape index (κ2) is 8.74. The largest absolute Gasteiger partial charge is 0.373 e. The molecule has 1 aliphatic carbocycles. The minimum absolute atomic E-state index is 0.327. The Hall–Kier alpha value is -1.36. The van der Waals surface area contributed by atoms with Crippen LogP contribution in [-0.4, -0.2) is 12.4 Å². The van der Waals surface area contributed by atoms with Crippen LogP contribution in [0, 0.1) is 0 Å². The van der Waals surface area contributed by atoms with Gasteiger partial charge in [-0.1, -0.05) is 44.9 Å². The summed E-state index contributed by atoms with van der Waals surface area (Å²) in [5.74, 6) is 6.04. The number of hydrogen-bond acceptors (Lipinski definition) is 5. The third-order valence-electron chi connectivity index (χ3n) is 3.99. The summed E-state index contributed by atoms with van der Waals surface area (Å²) < 4.78 is 0. The molecule has 5 nitrogen and oxygen atoms in total. The highest BCUT2D eigenvalue weighted by Gasteiger charge is 2.12. The molecular formula is C15H26N4O. The second-order valence-corrected chi connectivity index (χ2v) is 5.56. The lowest BCUT2D eigenvalue weighted by atomic mass is 9.97. The van der Waals surface area contributed by atoms with E-state index in [-0.39, 0.29) is 0 Å². The summed E-state index contributed by atoms with van der Waals surface area (Å²) in [7, 11) is 0. The molecule has 0 radical (unpaired) electrons. The number of nitrogens with one attached hydrogen (secondary N) is 1. The van der Waals surface area contributed by atoms with E-state index in [1.54, 1.807) is 0 Å². The van der Waals surface area contributed by atoms with E-state index in [4.69, 9.17) is 5.90 Å². The van der Waals surface area contributed by atoms with Gasteiger partial charge in [-0.05, 0) is 31.3 Å². The lowest BCUT2D eigenvalue weighted by Gasteiger charge is -2.16. The zero-order valence-corrected chi connectivity index (χ0v) is 12.2. The topological polar surface area (TPSA) is 72.0 Å². The van der Waals surface area contributed by atoms with Crippen molar-refractivity contribution in [3.63, 3.8) is 0 Å². The minimum Gasteiger partial charge on any atom is -0.373 e. The fourth-order valence-electron chi connectivity index (χ4n) is 2.82. The Balaban J connectivity index is 1.98. The van der Waals surface area contributed by atoms with Crippen molar-refractivity contribution < 1.29 is 4.84 Å². The van der Waals surface area contributed by atoms with Gasteiger partial charge in [0.15, 0.2) is 0 Å². The van der Waals surface area contributed by atoms with Crippen molar-refractivity contribution in [3.8, 4) is 0 Å². The zero-order chi connectivity index (χ0) is 14.0. The van der Waals surface area contributed by atoms with Crippen LogP contribution in [0.2, 0.25) is 0 Å². The minimum atomic E-state index is 0.327. The predicted molar refractivity (Wildman–Crippen MR) is 82.1 cm³/mol. The van der Waals surface area contributed by atoms with E-state index in [1.807, 2.05) is 0 Å². The lowest BCUT2D eigenvalue weighted by Crippen LogP contribution is -2.30. The van der Waals surface area contributed by atoms with Crippen molar-refractivity contribution in [1.82, 2.24) is 5.32 Å². The molecule has 1 heterocycles. The average molecular weight is 278 g/mol. The monoisotopic (exact) mass is 278 g/mol. The van der Waals surface area contributed by atoms with Crippen molar-refractivity contribution in [2.75, 3.05) is 0 Å². The maximum absolute atomic E-state index is 5.16. The van der Waals surface area contributed by atoms with Crippen LogP contribution in [0.4, 0.5) is 0 Å². The Morgan fingerprint density at radius 2 is 1.45 bits per heavy atom. The molecule has 0 atom stereocenters. The SMILES string of the molecule is NOC1=NC=NC(=C2CCCCCCCCCCC2)N1. The second-order valence-electron chi connectivity index (χ2n) is 5.56. The van der Waals surface area contributed by atoms with Crippen LogP contribution in [0.1, 0.15) is 70.6 Å². The van der Waals surface area contributed by atoms with Crippen LogP contribution in [0.15, 0.2) is 21.4 Å². The molecule has 3 N–H and O–H groups in total. The smallest absolute Gasteiger partial charge is 0.316 e. The Bertz CT molecular complexity index is 373. The molecule has 0 amide bonds. The van der Waals surface area contributed by atoms with E-state index in [9.17, 15) is 0 Å². The highest BCUT2D eigenvalue weighted by atomic mass is 16.6. The predicted octanol–water partition coefficient (Wildman–Crippen LogP) is 3.38. The van der Waals surface area contributed by atoms with Gasteiger partial charge in [-0.25, -0.2) is 4.99 Å². The van der Waals surface area contributed by atoms with Crippen molar-refractivity contribution >= 4 is 12.4 Å². The van der Waals surface area contributed by atoms with Gasteiger partial charge in [-0.3, -0.25) is 5.32 Å². The van der Waals surface area contributed by atoms with E-state index < -0.39 is 0 Å². The van der Waals surface area contributed by atoms with Crippen LogP contribution in [0.3, 0.4) is 0 Å². The van der Waals surface area contributed by atoms with Crippen LogP contribution in [0.25, 0.3) is 0 Å². The molecule has 1 fully saturated rings. The Morgan fingerprint density at radius 1 is 0.900 bits per heavy atom. The number of nitrogens with zero attached hydrogens (tertiary/aromatic N) is 2. The maximum Gasteiger partial charge on any atom is 0.316 e. The number of nitrogens with two attached hydrogens (primary N) is 1. The average Bonchev–Trinajstić information content (AvgIpc) is 2.48. The third-order valence-corrected chi connectivity index (χ3v) is 3.99. The maximum atomic E-state index is 5.16. The Labute approximate surface area is 121 Å². The zero-order valence-electron chi connectivity index (χ0n) is 12.2. The van der Waals surface area contributed by atoms with Crippen LogP contribution in [0.5, 0.6) is 0 Å². The third kappa shape index (κ3) is 4.96. The first kappa shape index (κ1) is 15.0. The molecule has 0 aromatic rings. The van der Waals surface area contributed by atoms with Crippen LogP contribution in [-0.2, 0) is 4.84 Å². The molecule has 2 aliphatic rings. The van der Waals surface area contributed by atoms with E-state index in [0.29, 0.717) is 6.02 Å². The highest BCUT2D eigenvalue weighted by Crippen LogP contribution is 2.23. The molecule has 0 aromatic carbocycles. The van der Waals surface area contributed by atoms with Gasteiger partial charge in [0.1, 0.15) is 12.2 Å². The molecule has 1 aliphatic heterocycles. The number of hydrogen-bond donors (Lipinski definition) is 2. The van der Waals surface area contributed by atoms with Crippen molar-refractivity contribution in [1.29, 1.82) is 0 Å². The van der Waals surface area contributed by atoms with Crippen molar-refractivity contribution in [3.05, 3.63) is 11.4 Å². The molecular weight excluding hydrogens is 252 g/mol. The van der Waals surface area contributed by atoms with E-state index in [2.05, 4.69) is 20.1 Å². The molecule has 0 spiro atoms. The van der Waals surface area contributed by atoms with Gasteiger partial charge >= 0.3 is 6.02 Å². The van der Waals surface area contributed by atoms with Gasteiger partial charge in [-0.15, -0.1) is 0 Å². The summed E-state index contributed by atoms with van der Waals surface area (Å²) in [6, 6.07) is 0.327. The Kier molecular flexibility index (Phi) is 6.57. The summed E-state index contributed by atoms with van der Waals surface area (Å²) >= 11 is 0. The normalized spacial score (nSPS) is 22.4. The van der Waals surface area contributed by atoms with Gasteiger partial charge in [0, 0.05) is 0 Å². The summed E-state index contributed by atoms with van der Waals surface area (Å²) in [5, 5.41) is 3.07. The van der Waals surface area contributed by atoms with Gasteiger partial charge < -0.3 is 4.84 Å². The van der Waals surface area contributed by atoms with Gasteiger partial charge in [0.25, 0.3) is 0 Å². The van der Waals surface area contributed by atoms with Gasteiger partial charge in [0.05, 0.1) is 0 Å². The molecule has 0 unspecified atom stereocenters. The number of rotatable bonds is 0. The standard InChI is InChI=1S/C15H26N4O/c16-20-15-18-12-17-14(19-15)13-10-8-6-4-2-1-3-5-7-9-11-13/h12H,1-11,16H2,(H,17,18,19). The molecule has 1 saturated carbocycles. The summed E-state index contributed by atoms with van der Waals surface area (Å²) in [6.45, 7) is 0. The first-order chi connectivity index (χ1) is 9.90. The van der Waals surface area contributed by atoms with E-state index >= 15 is 0 Å². The Morgan fingerprint density at radius 3 is 2.00 bits per heavy atom. The van der Waals surface area contributed by atoms with Crippen molar-refractivity contribution in [2.24, 2.45) is 15.9 Å². The van der Waals surface area contributed by atoms with E-state index in [0.717, 1.165) is 18.7 Å². The van der Waals surface area contributed by atoms with Crippen molar-refractivity contribution in [2.45, 2.75) is 70.6 Å². The molecule has 0 bridgehead atoms. The fraction of sp³-hybridized carbons (Fsp3) is 0.733. The first-order valence-corrected chi connectivity index (χ1v) is 7.86. The quantitative estimate of drug-likeness (QED) is 0.667. The molecule has 0 aromatic heterocycles. The van der Waals surface area contributed by atoms with Gasteiger partial charge in [-0.2, -0.15) is 10.9 Å².